The molecule has 1 N–H and O–H groups in total. The van der Waals surface area contributed by atoms with Crippen LogP contribution in [-0.2, 0) is 16.4 Å². The molecule has 3 rings (SSSR count). The number of hydrogen-bond donors (Lipinski definition) is 1. The predicted molar refractivity (Wildman–Crippen MR) is 114 cm³/mol. The second kappa shape index (κ2) is 9.44. The van der Waals surface area contributed by atoms with E-state index in [-0.39, 0.29) is 10.5 Å². The van der Waals surface area contributed by atoms with E-state index in [1.807, 2.05) is 24.3 Å². The second-order valence-electron chi connectivity index (χ2n) is 7.79. The summed E-state index contributed by atoms with van der Waals surface area (Å²) in [5.74, 6) is 0.452. The first-order chi connectivity index (χ1) is 13.9. The normalized spacial score (nSPS) is 15.3. The molecule has 0 spiro atoms. The first-order valence-corrected chi connectivity index (χ1v) is 11.8. The Morgan fingerprint density at radius 2 is 1.69 bits per heavy atom. The molecule has 0 saturated heterocycles. The number of carbonyl (C=O) groups is 1. The van der Waals surface area contributed by atoms with Gasteiger partial charge in [-0.25, -0.2) is 8.42 Å². The number of ether oxygens (including phenoxy) is 1. The van der Waals surface area contributed by atoms with Gasteiger partial charge in [0.15, 0.2) is 9.84 Å². The minimum absolute atomic E-state index is 0.0729. The molecule has 1 amide bonds. The number of benzene rings is 2. The minimum atomic E-state index is -3.53. The molecule has 1 fully saturated rings. The molecule has 5 nitrogen and oxygen atoms in total. The second-order valence-corrected chi connectivity index (χ2v) is 10.3. The third-order valence-electron chi connectivity index (χ3n) is 5.29. The van der Waals surface area contributed by atoms with Crippen LogP contribution in [-0.4, -0.2) is 25.7 Å². The smallest absolute Gasteiger partial charge is 0.252 e. The van der Waals surface area contributed by atoms with E-state index in [0.717, 1.165) is 24.2 Å². The van der Waals surface area contributed by atoms with Crippen LogP contribution in [0.4, 0.5) is 0 Å². The summed E-state index contributed by atoms with van der Waals surface area (Å²) in [6.07, 6.45) is 6.26. The molecule has 156 valence electrons. The van der Waals surface area contributed by atoms with Crippen molar-refractivity contribution in [3.05, 3.63) is 59.7 Å². The Labute approximate surface area is 173 Å². The Morgan fingerprint density at radius 3 is 2.34 bits per heavy atom. The molecule has 0 aliphatic heterocycles. The van der Waals surface area contributed by atoms with Crippen molar-refractivity contribution in [2.24, 2.45) is 0 Å². The number of carbonyl (C=O) groups excluding carboxylic acids is 1. The zero-order chi connectivity index (χ0) is 20.9. The van der Waals surface area contributed by atoms with E-state index in [1.54, 1.807) is 32.0 Å². The van der Waals surface area contributed by atoms with Crippen molar-refractivity contribution in [1.82, 2.24) is 5.32 Å². The maximum Gasteiger partial charge on any atom is 0.252 e. The van der Waals surface area contributed by atoms with Crippen molar-refractivity contribution in [3.8, 4) is 5.75 Å². The summed E-state index contributed by atoms with van der Waals surface area (Å²) in [6, 6.07) is 14.0. The summed E-state index contributed by atoms with van der Waals surface area (Å²) < 4.78 is 31.1. The van der Waals surface area contributed by atoms with E-state index >= 15 is 0 Å². The Kier molecular flexibility index (Phi) is 6.96. The van der Waals surface area contributed by atoms with Crippen LogP contribution in [0.5, 0.6) is 5.75 Å². The lowest BCUT2D eigenvalue weighted by Gasteiger charge is -2.23. The molecule has 0 radical (unpaired) electrons. The van der Waals surface area contributed by atoms with Gasteiger partial charge >= 0.3 is 0 Å². The van der Waals surface area contributed by atoms with E-state index < -0.39 is 21.0 Å². The molecule has 2 aromatic rings. The average Bonchev–Trinajstić information content (AvgIpc) is 2.73. The van der Waals surface area contributed by atoms with Gasteiger partial charge in [0.2, 0.25) is 0 Å². The lowest BCUT2D eigenvalue weighted by atomic mass is 9.98. The molecule has 0 atom stereocenters. The van der Waals surface area contributed by atoms with Crippen LogP contribution in [0.25, 0.3) is 0 Å². The minimum Gasteiger partial charge on any atom is -0.490 e. The quantitative estimate of drug-likeness (QED) is 0.722. The topological polar surface area (TPSA) is 72.5 Å². The number of rotatable bonds is 7. The summed E-state index contributed by atoms with van der Waals surface area (Å²) in [5, 5.41) is 2.23. The number of nitrogens with one attached hydrogen (secondary N) is 1. The fourth-order valence-electron chi connectivity index (χ4n) is 3.50. The zero-order valence-electron chi connectivity index (χ0n) is 17.1. The van der Waals surface area contributed by atoms with Crippen LogP contribution in [0.1, 0.15) is 61.9 Å². The van der Waals surface area contributed by atoms with E-state index in [9.17, 15) is 13.2 Å². The van der Waals surface area contributed by atoms with Crippen molar-refractivity contribution in [2.45, 2.75) is 68.7 Å². The molecule has 1 aliphatic rings. The standard InChI is InChI=1S/C23H29NO4S/c1-17(2)29(26,27)22-11-7-6-10-21(22)23(25)24-16-18-12-14-20(15-13-18)28-19-8-4-3-5-9-19/h6-7,10-15,17,19H,3-5,8-9,16H2,1-2H3,(H,24,25). The number of amides is 1. The van der Waals surface area contributed by atoms with Gasteiger partial charge in [0.25, 0.3) is 5.91 Å². The third-order valence-corrected chi connectivity index (χ3v) is 7.50. The first-order valence-electron chi connectivity index (χ1n) is 10.2. The molecule has 1 aliphatic carbocycles. The number of hydrogen-bond acceptors (Lipinski definition) is 4. The van der Waals surface area contributed by atoms with Gasteiger partial charge in [-0.3, -0.25) is 4.79 Å². The molecule has 0 heterocycles. The summed E-state index contributed by atoms with van der Waals surface area (Å²) in [7, 11) is -3.53. The van der Waals surface area contributed by atoms with Gasteiger partial charge < -0.3 is 10.1 Å². The summed E-state index contributed by atoms with van der Waals surface area (Å²) in [5.41, 5.74) is 1.11. The van der Waals surface area contributed by atoms with Crippen LogP contribution in [0.2, 0.25) is 0 Å². The van der Waals surface area contributed by atoms with Crippen molar-refractivity contribution < 1.29 is 17.9 Å². The molecular formula is C23H29NO4S. The molecule has 0 aromatic heterocycles. The molecule has 2 aromatic carbocycles. The molecule has 1 saturated carbocycles. The maximum absolute atomic E-state index is 12.6. The lowest BCUT2D eigenvalue weighted by Crippen LogP contribution is -2.26. The first kappa shape index (κ1) is 21.4. The van der Waals surface area contributed by atoms with E-state index in [4.69, 9.17) is 4.74 Å². The lowest BCUT2D eigenvalue weighted by molar-refractivity contribution is 0.0947. The van der Waals surface area contributed by atoms with Gasteiger partial charge in [0, 0.05) is 6.54 Å². The Balaban J connectivity index is 1.63. The third kappa shape index (κ3) is 5.38. The summed E-state index contributed by atoms with van der Waals surface area (Å²) in [4.78, 5) is 12.7. The van der Waals surface area contributed by atoms with Gasteiger partial charge in [-0.05, 0) is 69.4 Å². The Bertz CT molecular complexity index is 930. The summed E-state index contributed by atoms with van der Waals surface area (Å²) >= 11 is 0. The van der Waals surface area contributed by atoms with Gasteiger partial charge in [0.05, 0.1) is 21.8 Å². The van der Waals surface area contributed by atoms with Crippen LogP contribution in [0.3, 0.4) is 0 Å². The largest absolute Gasteiger partial charge is 0.490 e. The van der Waals surface area contributed by atoms with E-state index in [2.05, 4.69) is 5.32 Å². The Hall–Kier alpha value is -2.34. The molecule has 6 heteroatoms. The van der Waals surface area contributed by atoms with Crippen molar-refractivity contribution in [2.75, 3.05) is 0 Å². The predicted octanol–water partition coefficient (Wildman–Crippen LogP) is 4.51. The van der Waals surface area contributed by atoms with Gasteiger partial charge in [-0.2, -0.15) is 0 Å². The van der Waals surface area contributed by atoms with Gasteiger partial charge in [-0.1, -0.05) is 30.7 Å². The fourth-order valence-corrected chi connectivity index (χ4v) is 4.74. The Morgan fingerprint density at radius 1 is 1.03 bits per heavy atom. The van der Waals surface area contributed by atoms with Crippen LogP contribution >= 0.6 is 0 Å². The molecular weight excluding hydrogens is 386 g/mol. The average molecular weight is 416 g/mol. The van der Waals surface area contributed by atoms with E-state index in [0.29, 0.717) is 12.6 Å². The van der Waals surface area contributed by atoms with Crippen LogP contribution in [0.15, 0.2) is 53.4 Å². The highest BCUT2D eigenvalue weighted by Crippen LogP contribution is 2.24. The zero-order valence-corrected chi connectivity index (χ0v) is 17.9. The van der Waals surface area contributed by atoms with Crippen molar-refractivity contribution in [1.29, 1.82) is 0 Å². The van der Waals surface area contributed by atoms with Crippen LogP contribution in [0, 0.1) is 0 Å². The maximum atomic E-state index is 12.6. The highest BCUT2D eigenvalue weighted by molar-refractivity contribution is 7.92. The highest BCUT2D eigenvalue weighted by Gasteiger charge is 2.25. The van der Waals surface area contributed by atoms with Crippen molar-refractivity contribution in [3.63, 3.8) is 0 Å². The summed E-state index contributed by atoms with van der Waals surface area (Å²) in [6.45, 7) is 3.54. The molecule has 0 bridgehead atoms. The van der Waals surface area contributed by atoms with Gasteiger partial charge in [-0.15, -0.1) is 0 Å². The highest BCUT2D eigenvalue weighted by atomic mass is 32.2. The number of sulfone groups is 1. The van der Waals surface area contributed by atoms with E-state index in [1.165, 1.54) is 25.3 Å². The fraction of sp³-hybridized carbons (Fsp3) is 0.435. The van der Waals surface area contributed by atoms with Crippen LogP contribution < -0.4 is 10.1 Å². The van der Waals surface area contributed by atoms with Crippen molar-refractivity contribution >= 4 is 15.7 Å². The molecule has 0 unspecified atom stereocenters. The molecule has 29 heavy (non-hydrogen) atoms. The monoisotopic (exact) mass is 415 g/mol. The SMILES string of the molecule is CC(C)S(=O)(=O)c1ccccc1C(=O)NCc1ccc(OC2CCCCC2)cc1. The van der Waals surface area contributed by atoms with Gasteiger partial charge in [0.1, 0.15) is 5.75 Å².